The fourth-order valence-corrected chi connectivity index (χ4v) is 3.96. The van der Waals surface area contributed by atoms with Crippen LogP contribution in [-0.4, -0.2) is 41.1 Å². The summed E-state index contributed by atoms with van der Waals surface area (Å²) in [6, 6.07) is 7.25. The smallest absolute Gasteiger partial charge is 0.258 e. The molecule has 4 rings (SSSR count). The highest BCUT2D eigenvalue weighted by Gasteiger charge is 2.26. The second-order valence-electron chi connectivity index (χ2n) is 6.71. The van der Waals surface area contributed by atoms with Gasteiger partial charge in [-0.3, -0.25) is 0 Å². The second-order valence-corrected chi connectivity index (χ2v) is 8.42. The first-order chi connectivity index (χ1) is 12.4. The zero-order valence-electron chi connectivity index (χ0n) is 14.3. The van der Waals surface area contributed by atoms with Crippen LogP contribution in [0.4, 0.5) is 0 Å². The van der Waals surface area contributed by atoms with Crippen molar-refractivity contribution in [2.45, 2.75) is 36.8 Å². The van der Waals surface area contributed by atoms with Crippen LogP contribution in [0.5, 0.6) is 0 Å². The molecule has 1 atom stereocenters. The number of aliphatic hydroxyl groups is 1. The molecule has 3 N–H and O–H groups in total. The van der Waals surface area contributed by atoms with Crippen molar-refractivity contribution >= 4 is 21.1 Å². The molecule has 0 amide bonds. The molecule has 0 unspecified atom stereocenters. The van der Waals surface area contributed by atoms with Gasteiger partial charge in [-0.1, -0.05) is 0 Å². The lowest BCUT2D eigenvalue weighted by atomic mass is 10.1. The lowest BCUT2D eigenvalue weighted by Crippen LogP contribution is -2.31. The fourth-order valence-electron chi connectivity index (χ4n) is 2.92. The first-order valence-electron chi connectivity index (χ1n) is 8.56. The van der Waals surface area contributed by atoms with Gasteiger partial charge in [0.1, 0.15) is 5.65 Å². The van der Waals surface area contributed by atoms with Crippen molar-refractivity contribution < 1.29 is 13.5 Å². The van der Waals surface area contributed by atoms with Gasteiger partial charge in [0.05, 0.1) is 6.10 Å². The topological polar surface area (TPSA) is 108 Å². The number of hydrogen-bond donors (Lipinski definition) is 3. The number of fused-ring (bicyclic) bond motifs is 1. The lowest BCUT2D eigenvalue weighted by Gasteiger charge is -2.08. The van der Waals surface area contributed by atoms with Gasteiger partial charge in [0.15, 0.2) is 5.03 Å². The van der Waals surface area contributed by atoms with Gasteiger partial charge < -0.3 is 10.1 Å². The van der Waals surface area contributed by atoms with E-state index in [-0.39, 0.29) is 11.6 Å². The first kappa shape index (κ1) is 17.1. The van der Waals surface area contributed by atoms with Gasteiger partial charge in [0.2, 0.25) is 0 Å². The summed E-state index contributed by atoms with van der Waals surface area (Å²) < 4.78 is 26.7. The molecule has 1 saturated carbocycles. The van der Waals surface area contributed by atoms with Crippen LogP contribution >= 0.6 is 0 Å². The zero-order valence-corrected chi connectivity index (χ0v) is 15.1. The minimum absolute atomic E-state index is 0.0516. The van der Waals surface area contributed by atoms with Crippen LogP contribution in [0.3, 0.4) is 0 Å². The van der Waals surface area contributed by atoms with Crippen LogP contribution in [0.25, 0.3) is 22.2 Å². The van der Waals surface area contributed by atoms with Gasteiger partial charge in [0, 0.05) is 35.6 Å². The third-order valence-electron chi connectivity index (χ3n) is 4.46. The molecule has 1 aliphatic rings. The molecule has 3 aromatic heterocycles. The summed E-state index contributed by atoms with van der Waals surface area (Å²) >= 11 is 0. The maximum atomic E-state index is 12.2. The molecule has 0 aliphatic heterocycles. The number of rotatable bonds is 6. The summed E-state index contributed by atoms with van der Waals surface area (Å²) in [6.07, 6.45) is 4.93. The normalized spacial score (nSPS) is 16.1. The highest BCUT2D eigenvalue weighted by atomic mass is 32.2. The van der Waals surface area contributed by atoms with Crippen molar-refractivity contribution in [2.75, 3.05) is 6.54 Å². The van der Waals surface area contributed by atoms with E-state index in [1.165, 1.54) is 31.5 Å². The fraction of sp³-hybridized carbons (Fsp3) is 0.333. The van der Waals surface area contributed by atoms with Crippen LogP contribution in [0, 0.1) is 0 Å². The van der Waals surface area contributed by atoms with E-state index in [0.717, 1.165) is 22.2 Å². The molecule has 0 radical (unpaired) electrons. The quantitative estimate of drug-likeness (QED) is 0.614. The van der Waals surface area contributed by atoms with Crippen LogP contribution in [0.2, 0.25) is 0 Å². The van der Waals surface area contributed by atoms with Crippen LogP contribution in [0.1, 0.15) is 31.4 Å². The summed E-state index contributed by atoms with van der Waals surface area (Å²) in [6.45, 7) is 1.46. The molecule has 0 aromatic carbocycles. The number of aromatic amines is 1. The third kappa shape index (κ3) is 3.35. The number of aliphatic hydroxyl groups excluding tert-OH is 1. The Bertz CT molecular complexity index is 1040. The minimum Gasteiger partial charge on any atom is -0.392 e. The monoisotopic (exact) mass is 372 g/mol. The summed E-state index contributed by atoms with van der Waals surface area (Å²) in [5.41, 5.74) is 3.83. The van der Waals surface area contributed by atoms with Gasteiger partial charge in [-0.25, -0.2) is 23.1 Å². The van der Waals surface area contributed by atoms with Crippen molar-refractivity contribution in [2.24, 2.45) is 0 Å². The highest BCUT2D eigenvalue weighted by Crippen LogP contribution is 2.41. The van der Waals surface area contributed by atoms with Crippen molar-refractivity contribution in [3.63, 3.8) is 0 Å². The molecule has 0 bridgehead atoms. The van der Waals surface area contributed by atoms with E-state index in [4.69, 9.17) is 0 Å². The maximum Gasteiger partial charge on any atom is 0.258 e. The Kier molecular flexibility index (Phi) is 4.26. The number of nitrogens with one attached hydrogen (secondary N) is 2. The predicted octanol–water partition coefficient (Wildman–Crippen LogP) is 2.16. The van der Waals surface area contributed by atoms with Crippen LogP contribution in [-0.2, 0) is 10.0 Å². The Labute approximate surface area is 151 Å². The van der Waals surface area contributed by atoms with Crippen molar-refractivity contribution in [3.8, 4) is 11.1 Å². The minimum atomic E-state index is -3.74. The van der Waals surface area contributed by atoms with E-state index in [9.17, 15) is 13.5 Å². The SMILES string of the molecule is C[C@@H](O)CNS(=O)(=O)c1ccc(-c2ccnc3[nH]c(C4CC4)cc23)cn1. The van der Waals surface area contributed by atoms with Gasteiger partial charge in [0.25, 0.3) is 10.0 Å². The summed E-state index contributed by atoms with van der Waals surface area (Å²) in [5, 5.41) is 10.2. The molecule has 0 saturated heterocycles. The van der Waals surface area contributed by atoms with E-state index in [1.807, 2.05) is 6.07 Å². The van der Waals surface area contributed by atoms with Crippen molar-refractivity contribution in [3.05, 3.63) is 42.4 Å². The van der Waals surface area contributed by atoms with Gasteiger partial charge >= 0.3 is 0 Å². The lowest BCUT2D eigenvalue weighted by molar-refractivity contribution is 0.198. The molecule has 26 heavy (non-hydrogen) atoms. The maximum absolute atomic E-state index is 12.2. The molecule has 3 aromatic rings. The predicted molar refractivity (Wildman–Crippen MR) is 98.2 cm³/mol. The largest absolute Gasteiger partial charge is 0.392 e. The van der Waals surface area contributed by atoms with E-state index < -0.39 is 16.1 Å². The average Bonchev–Trinajstić information content (AvgIpc) is 3.38. The number of nitrogens with zero attached hydrogens (tertiary/aromatic N) is 2. The number of pyridine rings is 2. The Morgan fingerprint density at radius 2 is 2.12 bits per heavy atom. The van der Waals surface area contributed by atoms with Crippen LogP contribution < -0.4 is 4.72 Å². The Morgan fingerprint density at radius 1 is 1.31 bits per heavy atom. The molecule has 1 aliphatic carbocycles. The third-order valence-corrected chi connectivity index (χ3v) is 5.80. The highest BCUT2D eigenvalue weighted by molar-refractivity contribution is 7.89. The molecule has 1 fully saturated rings. The average molecular weight is 372 g/mol. The summed E-state index contributed by atoms with van der Waals surface area (Å²) in [5.74, 6) is 0.600. The Hall–Kier alpha value is -2.29. The first-order valence-corrected chi connectivity index (χ1v) is 10.0. The number of sulfonamides is 1. The second kappa shape index (κ2) is 6.46. The van der Waals surface area contributed by atoms with E-state index in [0.29, 0.717) is 5.92 Å². The summed E-state index contributed by atoms with van der Waals surface area (Å²) in [7, 11) is -3.74. The zero-order chi connectivity index (χ0) is 18.3. The van der Waals surface area contributed by atoms with Crippen LogP contribution in [0.15, 0.2) is 41.7 Å². The van der Waals surface area contributed by atoms with E-state index in [2.05, 4.69) is 25.7 Å². The van der Waals surface area contributed by atoms with E-state index in [1.54, 1.807) is 18.5 Å². The van der Waals surface area contributed by atoms with Gasteiger partial charge in [-0.15, -0.1) is 0 Å². The number of aromatic nitrogens is 3. The Balaban J connectivity index is 1.66. The summed E-state index contributed by atoms with van der Waals surface area (Å²) in [4.78, 5) is 11.9. The van der Waals surface area contributed by atoms with Crippen molar-refractivity contribution in [1.82, 2.24) is 19.7 Å². The number of H-pyrrole nitrogens is 1. The number of hydrogen-bond acceptors (Lipinski definition) is 5. The molecular formula is C18H20N4O3S. The van der Waals surface area contributed by atoms with E-state index >= 15 is 0 Å². The molecule has 136 valence electrons. The van der Waals surface area contributed by atoms with Gasteiger partial charge in [-0.05, 0) is 55.5 Å². The van der Waals surface area contributed by atoms with Crippen molar-refractivity contribution in [1.29, 1.82) is 0 Å². The standard InChI is InChI=1S/C18H20N4O3S/c1-11(23)9-21-26(24,25)17-5-4-13(10-20-17)14-6-7-19-18-15(14)8-16(22-18)12-2-3-12/h4-8,10-12,21,23H,2-3,9H2,1H3,(H,19,22)/t11-/m1/s1. The molecule has 0 spiro atoms. The Morgan fingerprint density at radius 3 is 2.77 bits per heavy atom. The molecule has 8 heteroatoms. The molecular weight excluding hydrogens is 352 g/mol. The van der Waals surface area contributed by atoms with Gasteiger partial charge in [-0.2, -0.15) is 0 Å². The molecule has 7 nitrogen and oxygen atoms in total. The molecule has 3 heterocycles.